The van der Waals surface area contributed by atoms with E-state index < -0.39 is 12.0 Å². The van der Waals surface area contributed by atoms with Crippen molar-refractivity contribution in [2.24, 2.45) is 11.8 Å². The lowest BCUT2D eigenvalue weighted by Crippen LogP contribution is -2.48. The Balaban J connectivity index is 0.000000469. The van der Waals surface area contributed by atoms with Gasteiger partial charge < -0.3 is 21.7 Å². The van der Waals surface area contributed by atoms with Gasteiger partial charge in [-0.3, -0.25) is 14.4 Å². The molecule has 2 aromatic rings. The second-order valence-electron chi connectivity index (χ2n) is 10.7. The molecule has 3 rings (SSSR count). The summed E-state index contributed by atoms with van der Waals surface area (Å²) in [4.78, 5) is 36.2. The lowest BCUT2D eigenvalue weighted by molar-refractivity contribution is -0.126. The number of halogens is 1. The van der Waals surface area contributed by atoms with Crippen LogP contribution in [0.15, 0.2) is 60.7 Å². The molecule has 0 saturated heterocycles. The van der Waals surface area contributed by atoms with Gasteiger partial charge in [-0.25, -0.2) is 0 Å². The average molecular weight is 569 g/mol. The van der Waals surface area contributed by atoms with E-state index in [4.69, 9.17) is 17.3 Å². The number of nitrogens with one attached hydrogen (secondary N) is 3. The lowest BCUT2D eigenvalue weighted by Gasteiger charge is -2.27. The van der Waals surface area contributed by atoms with Crippen molar-refractivity contribution in [2.45, 2.75) is 77.8 Å². The third-order valence-electron chi connectivity index (χ3n) is 7.28. The number of carbonyl (C=O) groups excluding carboxylic acids is 3. The van der Waals surface area contributed by atoms with Gasteiger partial charge in [0.05, 0.1) is 16.6 Å². The first kappa shape index (κ1) is 32.9. The topological polar surface area (TPSA) is 113 Å². The second kappa shape index (κ2) is 17.4. The number of anilines is 1. The summed E-state index contributed by atoms with van der Waals surface area (Å²) < 4.78 is 0. The Morgan fingerprint density at radius 3 is 2.48 bits per heavy atom. The number of aryl methyl sites for hydroxylation is 1. The van der Waals surface area contributed by atoms with Gasteiger partial charge in [0.25, 0.3) is 5.91 Å². The van der Waals surface area contributed by atoms with Gasteiger partial charge in [0.1, 0.15) is 0 Å². The molecule has 3 amide bonds. The van der Waals surface area contributed by atoms with Crippen LogP contribution in [0.2, 0.25) is 5.02 Å². The highest BCUT2D eigenvalue weighted by molar-refractivity contribution is 6.33. The van der Waals surface area contributed by atoms with E-state index >= 15 is 0 Å². The molecule has 40 heavy (non-hydrogen) atoms. The Hall–Kier alpha value is -3.32. The van der Waals surface area contributed by atoms with Crippen molar-refractivity contribution in [1.29, 1.82) is 0 Å². The van der Waals surface area contributed by atoms with Crippen molar-refractivity contribution in [2.75, 3.05) is 12.3 Å². The quantitative estimate of drug-likeness (QED) is 0.108. The molecule has 1 saturated carbocycles. The largest absolute Gasteiger partial charge is 0.398 e. The van der Waals surface area contributed by atoms with Crippen LogP contribution >= 0.6 is 11.6 Å². The number of hydrogen-bond donors (Lipinski definition) is 4. The summed E-state index contributed by atoms with van der Waals surface area (Å²) in [6, 6.07) is 15.0. The minimum Gasteiger partial charge on any atom is -0.398 e. The number of amides is 3. The molecule has 1 fully saturated rings. The first-order valence-corrected chi connectivity index (χ1v) is 14.6. The van der Waals surface area contributed by atoms with E-state index in [1.807, 2.05) is 6.92 Å². The first-order chi connectivity index (χ1) is 19.2. The molecule has 1 aliphatic carbocycles. The summed E-state index contributed by atoms with van der Waals surface area (Å²) >= 11 is 6.01. The summed E-state index contributed by atoms with van der Waals surface area (Å²) in [6.45, 7) is 10.6. The summed E-state index contributed by atoms with van der Waals surface area (Å²) in [5, 5.41) is 8.95. The van der Waals surface area contributed by atoms with E-state index in [1.54, 1.807) is 12.1 Å². The molecule has 4 atom stereocenters. The van der Waals surface area contributed by atoms with E-state index in [1.165, 1.54) is 30.9 Å². The number of rotatable bonds is 13. The number of nitrogens with two attached hydrogens (primary N) is 1. The predicted octanol–water partition coefficient (Wildman–Crippen LogP) is 5.68. The van der Waals surface area contributed by atoms with Crippen molar-refractivity contribution < 1.29 is 14.4 Å². The third kappa shape index (κ3) is 11.0. The maximum Gasteiger partial charge on any atom is 0.251 e. The number of hydrogen-bond acceptors (Lipinski definition) is 4. The molecule has 0 heterocycles. The molecule has 0 bridgehead atoms. The first-order valence-electron chi connectivity index (χ1n) is 14.2. The maximum absolute atomic E-state index is 13.1. The van der Waals surface area contributed by atoms with E-state index in [0.717, 1.165) is 18.4 Å². The monoisotopic (exact) mass is 568 g/mol. The summed E-state index contributed by atoms with van der Waals surface area (Å²) in [5.74, 6) is -0.528. The molecular formula is C32H45ClN4O3. The van der Waals surface area contributed by atoms with Crippen molar-refractivity contribution in [1.82, 2.24) is 16.0 Å². The van der Waals surface area contributed by atoms with Crippen molar-refractivity contribution >= 4 is 35.5 Å². The fourth-order valence-electron chi connectivity index (χ4n) is 4.85. The molecule has 0 radical (unpaired) electrons. The highest BCUT2D eigenvalue weighted by Crippen LogP contribution is 2.29. The second-order valence-corrected chi connectivity index (χ2v) is 11.1. The van der Waals surface area contributed by atoms with Crippen molar-refractivity contribution in [3.8, 4) is 0 Å². The highest BCUT2D eigenvalue weighted by Gasteiger charge is 2.32. The third-order valence-corrected chi connectivity index (χ3v) is 7.60. The number of carbonyl (C=O) groups is 3. The van der Waals surface area contributed by atoms with Crippen LogP contribution in [0, 0.1) is 11.8 Å². The lowest BCUT2D eigenvalue weighted by atomic mass is 9.93. The van der Waals surface area contributed by atoms with E-state index in [2.05, 4.69) is 66.7 Å². The fourth-order valence-corrected chi connectivity index (χ4v) is 5.03. The van der Waals surface area contributed by atoms with Gasteiger partial charge in [-0.1, -0.05) is 74.4 Å². The Bertz CT molecular complexity index is 1110. The maximum atomic E-state index is 13.1. The molecule has 0 aliphatic heterocycles. The van der Waals surface area contributed by atoms with Crippen molar-refractivity contribution in [3.05, 3.63) is 76.8 Å². The van der Waals surface area contributed by atoms with Gasteiger partial charge in [0.2, 0.25) is 12.3 Å². The summed E-state index contributed by atoms with van der Waals surface area (Å²) in [5.41, 5.74) is 9.08. The van der Waals surface area contributed by atoms with Crippen molar-refractivity contribution in [3.63, 3.8) is 0 Å². The van der Waals surface area contributed by atoms with Crippen LogP contribution in [0.1, 0.15) is 75.2 Å². The van der Waals surface area contributed by atoms with Gasteiger partial charge in [-0.15, -0.1) is 0 Å². The zero-order valence-electron chi connectivity index (χ0n) is 24.0. The van der Waals surface area contributed by atoms with Gasteiger partial charge in [-0.2, -0.15) is 0 Å². The standard InChI is InChI=1S/C22H31ClN4O3.C10H14/c1-13-9-14(2)20(10-13)27-22(30)17(5-4-8-25-12-28)15(3)26-21(29)16-6-7-19(24)18(23)11-16;1-2-3-7-10-8-5-4-6-9-10/h6-7,11-12,14-15,17,20H,1,4-5,8-10,24H2,2-3H3,(H,25,28)(H,26,29)(H,27,30);4-6,8-9H,2-3,7H2,1H3. The summed E-state index contributed by atoms with van der Waals surface area (Å²) in [7, 11) is 0. The van der Waals surface area contributed by atoms with Gasteiger partial charge in [-0.05, 0) is 75.1 Å². The molecule has 8 heteroatoms. The molecule has 7 nitrogen and oxygen atoms in total. The Labute approximate surface area is 244 Å². The van der Waals surface area contributed by atoms with Crippen LogP contribution in [0.25, 0.3) is 0 Å². The van der Waals surface area contributed by atoms with Gasteiger partial charge in [0.15, 0.2) is 0 Å². The highest BCUT2D eigenvalue weighted by atomic mass is 35.5. The molecule has 5 N–H and O–H groups in total. The predicted molar refractivity (Wildman–Crippen MR) is 164 cm³/mol. The molecule has 2 aromatic carbocycles. The minimum absolute atomic E-state index is 0.0550. The zero-order valence-corrected chi connectivity index (χ0v) is 24.8. The number of benzene rings is 2. The molecule has 0 aromatic heterocycles. The smallest absolute Gasteiger partial charge is 0.251 e. The Morgan fingerprint density at radius 1 is 1.15 bits per heavy atom. The minimum atomic E-state index is -0.437. The molecule has 218 valence electrons. The molecular weight excluding hydrogens is 524 g/mol. The average Bonchev–Trinajstić information content (AvgIpc) is 3.25. The summed E-state index contributed by atoms with van der Waals surface area (Å²) in [6.07, 6.45) is 7.30. The van der Waals surface area contributed by atoms with Crippen LogP contribution < -0.4 is 21.7 Å². The zero-order chi connectivity index (χ0) is 29.5. The van der Waals surface area contributed by atoms with Crippen LogP contribution in [-0.2, 0) is 16.0 Å². The van der Waals surface area contributed by atoms with E-state index in [-0.39, 0.29) is 17.9 Å². The number of nitrogen functional groups attached to an aromatic ring is 1. The van der Waals surface area contributed by atoms with Crippen LogP contribution in [0.5, 0.6) is 0 Å². The van der Waals surface area contributed by atoms with Gasteiger partial charge >= 0.3 is 0 Å². The Kier molecular flexibility index (Phi) is 14.3. The SMILES string of the molecule is C=C1CC(C)C(NC(=O)C(CCCNC=O)C(C)NC(=O)c2ccc(N)c(Cl)c2)C1.CCCCc1ccccc1. The van der Waals surface area contributed by atoms with Gasteiger partial charge in [0, 0.05) is 24.2 Å². The number of unbranched alkanes of at least 4 members (excludes halogenated alkanes) is 1. The van der Waals surface area contributed by atoms with Crippen LogP contribution in [-0.4, -0.2) is 36.9 Å². The van der Waals surface area contributed by atoms with E-state index in [0.29, 0.717) is 48.0 Å². The van der Waals surface area contributed by atoms with Crippen LogP contribution in [0.4, 0.5) is 5.69 Å². The normalized spacial score (nSPS) is 17.6. The molecule has 4 unspecified atom stereocenters. The van der Waals surface area contributed by atoms with E-state index in [9.17, 15) is 14.4 Å². The molecule has 0 spiro atoms. The fraction of sp³-hybridized carbons (Fsp3) is 0.469. The Morgan fingerprint density at radius 2 is 1.88 bits per heavy atom. The molecule has 1 aliphatic rings. The van der Waals surface area contributed by atoms with Crippen LogP contribution in [0.3, 0.4) is 0 Å².